The van der Waals surface area contributed by atoms with Crippen molar-refractivity contribution in [3.05, 3.63) is 45.6 Å². The van der Waals surface area contributed by atoms with Gasteiger partial charge in [0.15, 0.2) is 0 Å². The van der Waals surface area contributed by atoms with Crippen LogP contribution in [0, 0.1) is 33.3 Å². The largest absolute Gasteiger partial charge is 0.393 e. The minimum atomic E-state index is -1.32. The molecular formula is C27H43NO5. The molecule has 0 aromatic rings. The van der Waals surface area contributed by atoms with E-state index in [9.17, 15) is 25.4 Å². The maximum absolute atomic E-state index is 11.3. The topological polar surface area (TPSA) is 104 Å². The van der Waals surface area contributed by atoms with Gasteiger partial charge in [0.1, 0.15) is 6.10 Å². The van der Waals surface area contributed by atoms with Gasteiger partial charge in [0.05, 0.1) is 12.2 Å². The lowest BCUT2D eigenvalue weighted by Gasteiger charge is -2.44. The average molecular weight is 462 g/mol. The highest BCUT2D eigenvalue weighted by molar-refractivity contribution is 5.38. The number of aliphatic hydroxyl groups is 3. The summed E-state index contributed by atoms with van der Waals surface area (Å²) in [5.41, 5.74) is 2.02. The van der Waals surface area contributed by atoms with E-state index in [1.807, 2.05) is 0 Å². The molecule has 3 saturated carbocycles. The molecule has 7 atom stereocenters. The third-order valence-electron chi connectivity index (χ3n) is 9.17. The summed E-state index contributed by atoms with van der Waals surface area (Å²) in [7, 11) is 0. The molecule has 3 rings (SSSR count). The molecule has 0 saturated heterocycles. The molecule has 0 aromatic carbocycles. The number of fused-ring (bicyclic) bond motifs is 1. The number of nitrogens with zero attached hydrogens (tertiary/aromatic N) is 1. The highest BCUT2D eigenvalue weighted by Gasteiger charge is 2.51. The Morgan fingerprint density at radius 2 is 1.97 bits per heavy atom. The normalized spacial score (nSPS) is 37.2. The molecule has 3 aliphatic carbocycles. The summed E-state index contributed by atoms with van der Waals surface area (Å²) in [6.07, 6.45) is 10.0. The van der Waals surface area contributed by atoms with E-state index in [0.29, 0.717) is 37.0 Å². The van der Waals surface area contributed by atoms with Crippen LogP contribution in [-0.2, 0) is 0 Å². The Labute approximate surface area is 198 Å². The first-order chi connectivity index (χ1) is 15.4. The molecule has 0 aromatic heterocycles. The van der Waals surface area contributed by atoms with Gasteiger partial charge in [-0.25, -0.2) is 0 Å². The molecule has 0 aliphatic heterocycles. The molecule has 3 N–H and O–H groups in total. The Bertz CT molecular complexity index is 815. The molecular weight excluding hydrogens is 418 g/mol. The summed E-state index contributed by atoms with van der Waals surface area (Å²) in [6.45, 7) is 11.7. The van der Waals surface area contributed by atoms with Crippen molar-refractivity contribution in [1.82, 2.24) is 0 Å². The zero-order valence-electron chi connectivity index (χ0n) is 20.8. The molecule has 0 spiro atoms. The second-order valence-corrected chi connectivity index (χ2v) is 11.6. The number of allylic oxidation sites excluding steroid dienone is 3. The van der Waals surface area contributed by atoms with Crippen LogP contribution in [-0.4, -0.2) is 44.1 Å². The van der Waals surface area contributed by atoms with Crippen LogP contribution in [0.3, 0.4) is 0 Å². The van der Waals surface area contributed by atoms with E-state index in [4.69, 9.17) is 0 Å². The Morgan fingerprint density at radius 3 is 2.64 bits per heavy atom. The van der Waals surface area contributed by atoms with Crippen molar-refractivity contribution in [3.8, 4) is 0 Å². The summed E-state index contributed by atoms with van der Waals surface area (Å²) in [4.78, 5) is 10.9. The van der Waals surface area contributed by atoms with Gasteiger partial charge in [-0.15, -0.1) is 0 Å². The first-order valence-corrected chi connectivity index (χ1v) is 12.7. The fourth-order valence-electron chi connectivity index (χ4n) is 6.78. The van der Waals surface area contributed by atoms with Crippen molar-refractivity contribution >= 4 is 0 Å². The van der Waals surface area contributed by atoms with Gasteiger partial charge in [-0.3, -0.25) is 10.1 Å². The zero-order chi connectivity index (χ0) is 24.6. The molecule has 186 valence electrons. The first kappa shape index (κ1) is 26.1. The van der Waals surface area contributed by atoms with Gasteiger partial charge < -0.3 is 15.3 Å². The quantitative estimate of drug-likeness (QED) is 0.367. The van der Waals surface area contributed by atoms with E-state index in [0.717, 1.165) is 43.3 Å². The minimum Gasteiger partial charge on any atom is -0.393 e. The summed E-state index contributed by atoms with van der Waals surface area (Å²) in [5.74, 6) is 1.46. The lowest BCUT2D eigenvalue weighted by atomic mass is 9.60. The number of nitro groups is 1. The van der Waals surface area contributed by atoms with Gasteiger partial charge in [-0.2, -0.15) is 0 Å². The average Bonchev–Trinajstić information content (AvgIpc) is 3.10. The maximum atomic E-state index is 11.3. The molecule has 0 heterocycles. The molecule has 6 nitrogen and oxygen atoms in total. The van der Waals surface area contributed by atoms with Gasteiger partial charge in [0.25, 0.3) is 0 Å². The molecule has 0 unspecified atom stereocenters. The Kier molecular flexibility index (Phi) is 7.92. The van der Waals surface area contributed by atoms with Crippen LogP contribution < -0.4 is 0 Å². The van der Waals surface area contributed by atoms with Crippen LogP contribution in [0.25, 0.3) is 0 Å². The lowest BCUT2D eigenvalue weighted by Crippen LogP contribution is -2.44. The van der Waals surface area contributed by atoms with Crippen molar-refractivity contribution in [2.24, 2.45) is 23.2 Å². The number of rotatable bonds is 7. The van der Waals surface area contributed by atoms with Gasteiger partial charge in [-0.1, -0.05) is 38.2 Å². The van der Waals surface area contributed by atoms with Crippen LogP contribution in [0.4, 0.5) is 0 Å². The van der Waals surface area contributed by atoms with E-state index in [-0.39, 0.29) is 10.3 Å². The second kappa shape index (κ2) is 10.0. The number of aliphatic hydroxyl groups excluding tert-OH is 3. The van der Waals surface area contributed by atoms with Crippen LogP contribution in [0.2, 0.25) is 0 Å². The van der Waals surface area contributed by atoms with Crippen molar-refractivity contribution in [3.63, 3.8) is 0 Å². The maximum Gasteiger partial charge on any atom is 0.242 e. The Hall–Kier alpha value is -1.50. The summed E-state index contributed by atoms with van der Waals surface area (Å²) in [6, 6.07) is 0. The molecule has 6 heteroatoms. The predicted octanol–water partition coefficient (Wildman–Crippen LogP) is 4.96. The first-order valence-electron chi connectivity index (χ1n) is 12.7. The predicted molar refractivity (Wildman–Crippen MR) is 130 cm³/mol. The molecule has 0 amide bonds. The van der Waals surface area contributed by atoms with Crippen molar-refractivity contribution in [1.29, 1.82) is 0 Å². The monoisotopic (exact) mass is 461 g/mol. The van der Waals surface area contributed by atoms with Crippen LogP contribution >= 0.6 is 0 Å². The lowest BCUT2D eigenvalue weighted by molar-refractivity contribution is -0.573. The van der Waals surface area contributed by atoms with Crippen molar-refractivity contribution in [2.75, 3.05) is 0 Å². The highest BCUT2D eigenvalue weighted by Crippen LogP contribution is 2.60. The number of hydrogen-bond donors (Lipinski definition) is 3. The molecule has 0 bridgehead atoms. The van der Waals surface area contributed by atoms with Gasteiger partial charge >= 0.3 is 0 Å². The van der Waals surface area contributed by atoms with Crippen LogP contribution in [0.5, 0.6) is 0 Å². The zero-order valence-corrected chi connectivity index (χ0v) is 20.8. The standard InChI is InChI=1S/C27H43NO5/c1-17(8-13-25(31)26(3,4)28(32)33)22-11-12-23-19(7-6-14-27(22,23)5)9-10-20-15-21(29)16-24(30)18(20)2/h9-10,17,21-25,29-31H,2,6-8,11-16H2,1,3-5H3/b19-9+,20-10-/t17-,21-,22-,23+,24+,25+,27-/m1/s1. The Balaban J connectivity index is 1.70. The third-order valence-corrected chi connectivity index (χ3v) is 9.17. The van der Waals surface area contributed by atoms with E-state index in [2.05, 4.69) is 32.6 Å². The second-order valence-electron chi connectivity index (χ2n) is 11.6. The highest BCUT2D eigenvalue weighted by atomic mass is 16.6. The fraction of sp³-hybridized carbons (Fsp3) is 0.778. The minimum absolute atomic E-state index is 0.203. The molecule has 3 aliphatic rings. The SMILES string of the molecule is C=C1/C(=C\C=C2/CCC[C@]3(C)[C@@H]([C@H](C)CC[C@H](O)C(C)(C)[N+](=O)[O-])CC[C@@H]23)C[C@@H](O)C[C@@H]1O. The number of hydrogen-bond acceptors (Lipinski definition) is 5. The van der Waals surface area contributed by atoms with Gasteiger partial charge in [0, 0.05) is 25.2 Å². The van der Waals surface area contributed by atoms with Crippen molar-refractivity contribution < 1.29 is 20.2 Å². The smallest absolute Gasteiger partial charge is 0.242 e. The van der Waals surface area contributed by atoms with Crippen LogP contribution in [0.1, 0.15) is 85.5 Å². The summed E-state index contributed by atoms with van der Waals surface area (Å²) in [5, 5.41) is 41.9. The van der Waals surface area contributed by atoms with Gasteiger partial charge in [-0.05, 0) is 85.7 Å². The third kappa shape index (κ3) is 5.28. The Morgan fingerprint density at radius 1 is 1.27 bits per heavy atom. The molecule has 0 radical (unpaired) electrons. The molecule has 33 heavy (non-hydrogen) atoms. The van der Waals surface area contributed by atoms with Crippen molar-refractivity contribution in [2.45, 2.75) is 109 Å². The fourth-order valence-corrected chi connectivity index (χ4v) is 6.78. The van der Waals surface area contributed by atoms with E-state index >= 15 is 0 Å². The summed E-state index contributed by atoms with van der Waals surface area (Å²) >= 11 is 0. The van der Waals surface area contributed by atoms with Crippen LogP contribution in [0.15, 0.2) is 35.5 Å². The molecule has 3 fully saturated rings. The van der Waals surface area contributed by atoms with Gasteiger partial charge in [0.2, 0.25) is 5.54 Å². The van der Waals surface area contributed by atoms with E-state index in [1.54, 1.807) is 0 Å². The van der Waals surface area contributed by atoms with E-state index < -0.39 is 23.9 Å². The van der Waals surface area contributed by atoms with E-state index in [1.165, 1.54) is 25.8 Å². The summed E-state index contributed by atoms with van der Waals surface area (Å²) < 4.78 is 0.